The van der Waals surface area contributed by atoms with E-state index in [1.54, 1.807) is 17.5 Å². The molecule has 9 heteroatoms. The van der Waals surface area contributed by atoms with Gasteiger partial charge in [0.05, 0.1) is 39.9 Å². The summed E-state index contributed by atoms with van der Waals surface area (Å²) in [6.07, 6.45) is 1.92. The first kappa shape index (κ1) is 25.0. The highest BCUT2D eigenvalue weighted by Crippen LogP contribution is 2.45. The average Bonchev–Trinajstić information content (AvgIpc) is 3.63. The van der Waals surface area contributed by atoms with E-state index in [4.69, 9.17) is 9.47 Å². The van der Waals surface area contributed by atoms with E-state index in [0.717, 1.165) is 17.5 Å². The van der Waals surface area contributed by atoms with Crippen LogP contribution >= 0.6 is 22.7 Å². The van der Waals surface area contributed by atoms with Crippen LogP contribution in [0.1, 0.15) is 48.0 Å². The van der Waals surface area contributed by atoms with Gasteiger partial charge in [0.2, 0.25) is 5.78 Å². The molecule has 2 aromatic heterocycles. The molecule has 0 fully saturated rings. The Hall–Kier alpha value is -3.69. The van der Waals surface area contributed by atoms with Crippen molar-refractivity contribution in [1.82, 2.24) is 4.98 Å². The predicted octanol–water partition coefficient (Wildman–Crippen LogP) is 6.72. The van der Waals surface area contributed by atoms with Crippen LogP contribution in [0.15, 0.2) is 71.3 Å². The highest BCUT2D eigenvalue weighted by Gasteiger charge is 2.46. The fourth-order valence-electron chi connectivity index (χ4n) is 4.25. The lowest BCUT2D eigenvalue weighted by Gasteiger charge is -2.24. The second-order valence-corrected chi connectivity index (χ2v) is 10.4. The van der Waals surface area contributed by atoms with Gasteiger partial charge in [0, 0.05) is 0 Å². The van der Waals surface area contributed by atoms with Gasteiger partial charge in [-0.2, -0.15) is 0 Å². The van der Waals surface area contributed by atoms with Crippen molar-refractivity contribution in [2.24, 2.45) is 0 Å². The third-order valence-corrected chi connectivity index (χ3v) is 7.89. The number of aliphatic hydroxyl groups is 1. The number of hydrogen-bond donors (Lipinski definition) is 1. The fraction of sp³-hybridized carbons (Fsp3) is 0.250. The van der Waals surface area contributed by atoms with Crippen LogP contribution < -0.4 is 14.4 Å². The molecular weight excluding hydrogens is 508 g/mol. The van der Waals surface area contributed by atoms with Gasteiger partial charge in [-0.05, 0) is 60.7 Å². The third-order valence-electron chi connectivity index (χ3n) is 6.00. The molecule has 1 aliphatic heterocycles. The van der Waals surface area contributed by atoms with Gasteiger partial charge < -0.3 is 14.6 Å². The molecule has 0 radical (unpaired) electrons. The summed E-state index contributed by atoms with van der Waals surface area (Å²) in [6.45, 7) is 5.10. The number of ether oxygens (including phenoxy) is 2. The summed E-state index contributed by atoms with van der Waals surface area (Å²) in [7, 11) is 0. The Bertz CT molecular complexity index is 1480. The van der Waals surface area contributed by atoms with Crippen molar-refractivity contribution >= 4 is 49.7 Å². The van der Waals surface area contributed by atoms with Crippen LogP contribution in [0.3, 0.4) is 0 Å². The summed E-state index contributed by atoms with van der Waals surface area (Å²) in [4.78, 5) is 33.6. The lowest BCUT2D eigenvalue weighted by molar-refractivity contribution is -0.117. The second kappa shape index (κ2) is 10.7. The quantitative estimate of drug-likeness (QED) is 0.179. The van der Waals surface area contributed by atoms with Crippen molar-refractivity contribution in [3.63, 3.8) is 0 Å². The minimum Gasteiger partial charge on any atom is -0.503 e. The number of rotatable bonds is 10. The molecule has 0 spiro atoms. The number of fused-ring (bicyclic) bond motifs is 1. The highest BCUT2D eigenvalue weighted by atomic mass is 32.1. The van der Waals surface area contributed by atoms with Gasteiger partial charge in [-0.3, -0.25) is 14.5 Å². The molecule has 0 saturated heterocycles. The highest BCUT2D eigenvalue weighted by molar-refractivity contribution is 7.22. The monoisotopic (exact) mass is 534 g/mol. The SMILES string of the molecule is CCCCOc1cccc(C2C(C(=O)c3cccs3)=C(O)C(=O)N2c2nc3ccc(OCC)cc3s2)c1. The van der Waals surface area contributed by atoms with Gasteiger partial charge in [-0.15, -0.1) is 11.3 Å². The molecule has 0 saturated carbocycles. The van der Waals surface area contributed by atoms with Crippen LogP contribution in [0.25, 0.3) is 10.2 Å². The first-order chi connectivity index (χ1) is 18.0. The first-order valence-electron chi connectivity index (χ1n) is 12.1. The van der Waals surface area contributed by atoms with Crippen molar-refractivity contribution in [2.75, 3.05) is 18.1 Å². The number of thiazole rings is 1. The van der Waals surface area contributed by atoms with E-state index in [2.05, 4.69) is 11.9 Å². The van der Waals surface area contributed by atoms with Crippen molar-refractivity contribution in [3.05, 3.63) is 81.8 Å². The maximum atomic E-state index is 13.6. The molecule has 1 N–H and O–H groups in total. The molecule has 1 amide bonds. The number of aromatic nitrogens is 1. The number of thiophene rings is 1. The van der Waals surface area contributed by atoms with Crippen molar-refractivity contribution in [3.8, 4) is 11.5 Å². The first-order valence-corrected chi connectivity index (χ1v) is 13.8. The van der Waals surface area contributed by atoms with Crippen LogP contribution in [0.4, 0.5) is 5.13 Å². The van der Waals surface area contributed by atoms with Crippen LogP contribution in [-0.4, -0.2) is 35.0 Å². The molecule has 5 rings (SSSR count). The molecule has 37 heavy (non-hydrogen) atoms. The number of benzene rings is 2. The summed E-state index contributed by atoms with van der Waals surface area (Å²) < 4.78 is 12.3. The zero-order valence-electron chi connectivity index (χ0n) is 20.5. The molecule has 1 unspecified atom stereocenters. The van der Waals surface area contributed by atoms with Crippen LogP contribution in [-0.2, 0) is 4.79 Å². The molecule has 0 aliphatic carbocycles. The van der Waals surface area contributed by atoms with E-state index in [9.17, 15) is 14.7 Å². The Morgan fingerprint density at radius 3 is 2.68 bits per heavy atom. The number of nitrogens with zero attached hydrogens (tertiary/aromatic N) is 2. The number of Topliss-reactive ketones (excluding diaryl/α,β-unsaturated/α-hetero) is 1. The smallest absolute Gasteiger partial charge is 0.296 e. The van der Waals surface area contributed by atoms with Gasteiger partial charge >= 0.3 is 0 Å². The van der Waals surface area contributed by atoms with E-state index in [1.807, 2.05) is 49.4 Å². The number of carbonyl (C=O) groups excluding carboxylic acids is 2. The minimum absolute atomic E-state index is 0.0346. The third kappa shape index (κ3) is 4.84. The lowest BCUT2D eigenvalue weighted by Crippen LogP contribution is -2.30. The predicted molar refractivity (Wildman–Crippen MR) is 146 cm³/mol. The van der Waals surface area contributed by atoms with E-state index >= 15 is 0 Å². The van der Waals surface area contributed by atoms with Crippen LogP contribution in [0, 0.1) is 0 Å². The van der Waals surface area contributed by atoms with Crippen molar-refractivity contribution < 1.29 is 24.2 Å². The van der Waals surface area contributed by atoms with Crippen molar-refractivity contribution in [2.45, 2.75) is 32.7 Å². The van der Waals surface area contributed by atoms with Crippen LogP contribution in [0.2, 0.25) is 0 Å². The lowest BCUT2D eigenvalue weighted by atomic mass is 9.95. The summed E-state index contributed by atoms with van der Waals surface area (Å²) >= 11 is 2.57. The maximum absolute atomic E-state index is 13.6. The molecule has 3 heterocycles. The van der Waals surface area contributed by atoms with E-state index in [0.29, 0.717) is 45.8 Å². The van der Waals surface area contributed by atoms with Crippen molar-refractivity contribution in [1.29, 1.82) is 0 Å². The Balaban J connectivity index is 1.60. The molecule has 1 atom stereocenters. The summed E-state index contributed by atoms with van der Waals surface area (Å²) in [5, 5.41) is 13.2. The Morgan fingerprint density at radius 1 is 1.08 bits per heavy atom. The average molecular weight is 535 g/mol. The molecule has 2 aromatic carbocycles. The van der Waals surface area contributed by atoms with Gasteiger partial charge in [-0.25, -0.2) is 4.98 Å². The van der Waals surface area contributed by atoms with Gasteiger partial charge in [0.15, 0.2) is 10.9 Å². The summed E-state index contributed by atoms with van der Waals surface area (Å²) in [6, 6.07) is 15.5. The Kier molecular flexibility index (Phi) is 7.25. The molecule has 7 nitrogen and oxygen atoms in total. The van der Waals surface area contributed by atoms with E-state index < -0.39 is 17.7 Å². The zero-order valence-corrected chi connectivity index (χ0v) is 22.1. The van der Waals surface area contributed by atoms with E-state index in [-0.39, 0.29) is 11.4 Å². The molecule has 1 aliphatic rings. The summed E-state index contributed by atoms with van der Waals surface area (Å²) in [5.41, 5.74) is 1.39. The maximum Gasteiger partial charge on any atom is 0.296 e. The van der Waals surface area contributed by atoms with Gasteiger partial charge in [0.1, 0.15) is 11.5 Å². The Morgan fingerprint density at radius 2 is 1.92 bits per heavy atom. The summed E-state index contributed by atoms with van der Waals surface area (Å²) in [5.74, 6) is -0.258. The molecule has 4 aromatic rings. The minimum atomic E-state index is -0.858. The topological polar surface area (TPSA) is 89.0 Å². The number of amides is 1. The van der Waals surface area contributed by atoms with Gasteiger partial charge in [-0.1, -0.05) is 42.9 Å². The zero-order chi connectivity index (χ0) is 25.9. The number of anilines is 1. The normalized spacial score (nSPS) is 15.6. The number of aliphatic hydroxyl groups excluding tert-OH is 1. The molecule has 190 valence electrons. The molecule has 0 bridgehead atoms. The largest absolute Gasteiger partial charge is 0.503 e. The number of hydrogen-bond acceptors (Lipinski definition) is 8. The number of unbranched alkanes of at least 4 members (excludes halogenated alkanes) is 1. The number of carbonyl (C=O) groups is 2. The van der Waals surface area contributed by atoms with E-state index in [1.165, 1.54) is 27.6 Å². The number of ketones is 1. The standard InChI is InChI=1S/C28H26N2O5S2/c1-3-5-13-35-18-9-6-8-17(15-18)24-23(25(31)21-10-7-14-36-21)26(32)27(33)30(24)28-29-20-12-11-19(34-4-2)16-22(20)37-28/h6-12,14-16,24,32H,3-5,13H2,1-2H3. The van der Waals surface area contributed by atoms with Gasteiger partial charge in [0.25, 0.3) is 5.91 Å². The Labute approximate surface area is 222 Å². The second-order valence-electron chi connectivity index (χ2n) is 8.48. The van der Waals surface area contributed by atoms with Crippen LogP contribution in [0.5, 0.6) is 11.5 Å². The fourth-order valence-corrected chi connectivity index (χ4v) is 5.95. The molecular formula is C28H26N2O5S2.